The summed E-state index contributed by atoms with van der Waals surface area (Å²) < 4.78 is 0. The average molecular weight is 103 g/mol. The van der Waals surface area contributed by atoms with Gasteiger partial charge in [-0.05, 0) is 0 Å². The van der Waals surface area contributed by atoms with E-state index in [1.54, 1.807) is 6.69 Å². The Kier molecular flexibility index (Phi) is 3.75. The Morgan fingerprint density at radius 2 is 2.17 bits per heavy atom. The fraction of sp³-hybridized carbons (Fsp3) is 1.00. The van der Waals surface area contributed by atoms with Crippen LogP contribution in [0.3, 0.4) is 0 Å². The van der Waals surface area contributed by atoms with Crippen LogP contribution >= 0.6 is 11.5 Å². The number of hydrogen-bond acceptors (Lipinski definition) is 0. The van der Waals surface area contributed by atoms with Crippen LogP contribution < -0.4 is 0 Å². The lowest BCUT2D eigenvalue weighted by Gasteiger charge is -1.93. The second kappa shape index (κ2) is 3.54. The van der Waals surface area contributed by atoms with E-state index < -0.39 is 0 Å². The summed E-state index contributed by atoms with van der Waals surface area (Å²) in [6.45, 7) is 5.95. The highest BCUT2D eigenvalue weighted by Crippen LogP contribution is 1.98. The molecule has 0 nitrogen and oxygen atoms in total. The van der Waals surface area contributed by atoms with Gasteiger partial charge in [0.1, 0.15) is 0 Å². The van der Waals surface area contributed by atoms with Gasteiger partial charge in [-0.1, -0.05) is 26.1 Å². The van der Waals surface area contributed by atoms with E-state index in [4.69, 9.17) is 11.5 Å². The maximum Gasteiger partial charge on any atom is 0.238 e. The van der Waals surface area contributed by atoms with Gasteiger partial charge in [0.2, 0.25) is 6.69 Å². The van der Waals surface area contributed by atoms with Crippen LogP contribution in [0.5, 0.6) is 0 Å². The third-order valence-corrected chi connectivity index (χ3v) is 0.739. The van der Waals surface area contributed by atoms with Crippen LogP contribution in [0.1, 0.15) is 13.8 Å². The highest BCUT2D eigenvalue weighted by Gasteiger charge is 1.89. The zero-order valence-corrected chi connectivity index (χ0v) is 5.00. The van der Waals surface area contributed by atoms with Crippen LogP contribution in [-0.2, 0) is 0 Å². The average Bonchev–Trinajstić information content (AvgIpc) is 1.35. The highest BCUT2D eigenvalue weighted by atomic mass is 35.5. The quantitative estimate of drug-likeness (QED) is 0.468. The molecule has 0 N–H and O–H groups in total. The first kappa shape index (κ1) is 6.35. The van der Waals surface area contributed by atoms with Gasteiger partial charge in [0, 0.05) is 0 Å². The molecule has 0 unspecified atom stereocenters. The van der Waals surface area contributed by atoms with E-state index in [1.807, 2.05) is 0 Å². The minimum absolute atomic E-state index is 0.711. The fourth-order valence-electron chi connectivity index (χ4n) is 0.178. The largest absolute Gasteiger partial charge is 0.238 e. The first-order chi connectivity index (χ1) is 2.77. The van der Waals surface area contributed by atoms with Gasteiger partial charge in [-0.15, -0.1) is 0 Å². The van der Waals surface area contributed by atoms with Crippen molar-refractivity contribution in [3.63, 3.8) is 0 Å². The van der Waals surface area contributed by atoms with Gasteiger partial charge in [0.25, 0.3) is 0 Å². The molecule has 0 amide bonds. The van der Waals surface area contributed by atoms with E-state index in [2.05, 4.69) is 13.8 Å². The highest BCUT2D eigenvalue weighted by molar-refractivity contribution is 6.93. The summed E-state index contributed by atoms with van der Waals surface area (Å²) in [7, 11) is 0. The van der Waals surface area contributed by atoms with Crippen molar-refractivity contribution in [1.82, 2.24) is 0 Å². The second-order valence-corrected chi connectivity index (χ2v) is 2.09. The summed E-state index contributed by atoms with van der Waals surface area (Å²) in [6, 6.07) is 0. The molecule has 1 radical (unpaired) electrons. The monoisotopic (exact) mass is 103 g/mol. The Balaban J connectivity index is 2.63. The van der Waals surface area contributed by atoms with E-state index in [1.165, 1.54) is 0 Å². The molecule has 0 aliphatic rings. The standard InChI is InChI=1S/C4H9BCl/c1-4(2)3-5-6/h4H,3H2,1-2H3. The van der Waals surface area contributed by atoms with Crippen LogP contribution in [-0.4, -0.2) is 6.69 Å². The molecule has 0 atom stereocenters. The number of halogens is 1. The Bertz CT molecular complexity index is 28.7. The Hall–Kier alpha value is 0.355. The summed E-state index contributed by atoms with van der Waals surface area (Å²) >= 11 is 5.27. The van der Waals surface area contributed by atoms with Crippen LogP contribution in [0.2, 0.25) is 6.32 Å². The predicted molar refractivity (Wildman–Crippen MR) is 31.3 cm³/mol. The maximum absolute atomic E-state index is 5.27. The minimum atomic E-state index is 0.711. The van der Waals surface area contributed by atoms with Gasteiger partial charge in [-0.2, -0.15) is 0 Å². The van der Waals surface area contributed by atoms with Crippen molar-refractivity contribution in [3.05, 3.63) is 0 Å². The molecule has 0 fully saturated rings. The lowest BCUT2D eigenvalue weighted by atomic mass is 9.93. The molecule has 0 aliphatic carbocycles. The molecule has 35 valence electrons. The molecule has 0 aliphatic heterocycles. The molecule has 0 spiro atoms. The molecule has 0 aromatic carbocycles. The molecule has 0 heterocycles. The predicted octanol–water partition coefficient (Wildman–Crippen LogP) is 1.92. The van der Waals surface area contributed by atoms with Crippen LogP contribution in [0, 0.1) is 5.92 Å². The summed E-state index contributed by atoms with van der Waals surface area (Å²) in [4.78, 5) is 0. The molecule has 0 bridgehead atoms. The maximum atomic E-state index is 5.27. The zero-order valence-electron chi connectivity index (χ0n) is 4.24. The van der Waals surface area contributed by atoms with Gasteiger partial charge in [0.05, 0.1) is 0 Å². The lowest BCUT2D eigenvalue weighted by Crippen LogP contribution is -1.86. The van der Waals surface area contributed by atoms with E-state index in [0.717, 1.165) is 6.32 Å². The minimum Gasteiger partial charge on any atom is -0.204 e. The summed E-state index contributed by atoms with van der Waals surface area (Å²) in [6.07, 6.45) is 1.02. The van der Waals surface area contributed by atoms with E-state index >= 15 is 0 Å². The van der Waals surface area contributed by atoms with Gasteiger partial charge >= 0.3 is 0 Å². The van der Waals surface area contributed by atoms with Crippen molar-refractivity contribution in [2.24, 2.45) is 5.92 Å². The molecule has 0 saturated heterocycles. The molecule has 0 saturated carbocycles. The molecular weight excluding hydrogens is 94.3 g/mol. The topological polar surface area (TPSA) is 0 Å². The molecule has 2 heteroatoms. The number of rotatable bonds is 2. The third-order valence-electron chi connectivity index (χ3n) is 0.560. The molecule has 0 aromatic rings. The molecular formula is C4H9BCl. The smallest absolute Gasteiger partial charge is 0.204 e. The fourth-order valence-corrected chi connectivity index (χ4v) is 0.535. The Labute approximate surface area is 45.0 Å². The lowest BCUT2D eigenvalue weighted by molar-refractivity contribution is 0.734. The zero-order chi connectivity index (χ0) is 4.99. The first-order valence-corrected chi connectivity index (χ1v) is 2.63. The normalized spacial score (nSPS) is 9.33. The summed E-state index contributed by atoms with van der Waals surface area (Å²) in [5.41, 5.74) is 0. The Morgan fingerprint density at radius 1 is 1.67 bits per heavy atom. The van der Waals surface area contributed by atoms with E-state index in [9.17, 15) is 0 Å². The first-order valence-electron chi connectivity index (χ1n) is 2.19. The second-order valence-electron chi connectivity index (χ2n) is 1.78. The van der Waals surface area contributed by atoms with E-state index in [-0.39, 0.29) is 0 Å². The van der Waals surface area contributed by atoms with Crippen molar-refractivity contribution in [2.45, 2.75) is 20.2 Å². The summed E-state index contributed by atoms with van der Waals surface area (Å²) in [5, 5.41) is 0. The van der Waals surface area contributed by atoms with Gasteiger partial charge in [-0.3, -0.25) is 0 Å². The van der Waals surface area contributed by atoms with Crippen molar-refractivity contribution < 1.29 is 0 Å². The van der Waals surface area contributed by atoms with Gasteiger partial charge < -0.3 is 0 Å². The Morgan fingerprint density at radius 3 is 2.17 bits per heavy atom. The third kappa shape index (κ3) is 4.35. The molecule has 6 heavy (non-hydrogen) atoms. The van der Waals surface area contributed by atoms with Gasteiger partial charge in [-0.25, -0.2) is 11.5 Å². The van der Waals surface area contributed by atoms with E-state index in [0.29, 0.717) is 5.92 Å². The molecule has 0 rings (SSSR count). The van der Waals surface area contributed by atoms with Crippen molar-refractivity contribution in [1.29, 1.82) is 0 Å². The SMILES string of the molecule is CC(C)C[B]Cl. The summed E-state index contributed by atoms with van der Waals surface area (Å²) in [5.74, 6) is 0.711. The van der Waals surface area contributed by atoms with Crippen molar-refractivity contribution >= 4 is 18.2 Å². The van der Waals surface area contributed by atoms with Crippen molar-refractivity contribution in [3.8, 4) is 0 Å². The van der Waals surface area contributed by atoms with Crippen molar-refractivity contribution in [2.75, 3.05) is 0 Å². The van der Waals surface area contributed by atoms with Crippen LogP contribution in [0.15, 0.2) is 0 Å². The van der Waals surface area contributed by atoms with Crippen LogP contribution in [0.25, 0.3) is 0 Å². The van der Waals surface area contributed by atoms with Crippen LogP contribution in [0.4, 0.5) is 0 Å². The molecule has 0 aromatic heterocycles. The number of hydrogen-bond donors (Lipinski definition) is 0. The van der Waals surface area contributed by atoms with Gasteiger partial charge in [0.15, 0.2) is 0 Å².